The van der Waals surface area contributed by atoms with E-state index in [4.69, 9.17) is 5.73 Å². The standard InChI is InChI=1S/C12H22N2O.ClH/c1-2-12(5-6-12)8-14-11(15)9-3-4-10(13)7-9;/h9-10H,2-8,13H2,1H3,(H,14,15);1H. The first-order chi connectivity index (χ1) is 7.15. The van der Waals surface area contributed by atoms with Crippen LogP contribution in [-0.4, -0.2) is 18.5 Å². The minimum atomic E-state index is 0. The molecule has 2 saturated carbocycles. The van der Waals surface area contributed by atoms with Gasteiger partial charge in [0.1, 0.15) is 0 Å². The number of carbonyl (C=O) groups excluding carboxylic acids is 1. The van der Waals surface area contributed by atoms with Crippen LogP contribution in [0, 0.1) is 11.3 Å². The molecule has 2 atom stereocenters. The molecular weight excluding hydrogens is 224 g/mol. The molecule has 0 aromatic rings. The van der Waals surface area contributed by atoms with Crippen molar-refractivity contribution in [2.45, 2.75) is 51.5 Å². The third-order valence-electron chi connectivity index (χ3n) is 4.19. The van der Waals surface area contributed by atoms with Crippen LogP contribution < -0.4 is 11.1 Å². The third-order valence-corrected chi connectivity index (χ3v) is 4.19. The summed E-state index contributed by atoms with van der Waals surface area (Å²) < 4.78 is 0. The zero-order valence-electron chi connectivity index (χ0n) is 10.00. The fourth-order valence-electron chi connectivity index (χ4n) is 2.51. The van der Waals surface area contributed by atoms with Crippen molar-refractivity contribution in [2.24, 2.45) is 17.1 Å². The quantitative estimate of drug-likeness (QED) is 0.796. The molecule has 0 aliphatic heterocycles. The molecule has 0 spiro atoms. The first-order valence-corrected chi connectivity index (χ1v) is 6.18. The van der Waals surface area contributed by atoms with E-state index in [0.29, 0.717) is 5.41 Å². The lowest BCUT2D eigenvalue weighted by molar-refractivity contribution is -0.125. The highest BCUT2D eigenvalue weighted by Crippen LogP contribution is 2.47. The van der Waals surface area contributed by atoms with Crippen LogP contribution in [0.25, 0.3) is 0 Å². The monoisotopic (exact) mass is 246 g/mol. The average molecular weight is 247 g/mol. The number of amides is 1. The summed E-state index contributed by atoms with van der Waals surface area (Å²) in [4.78, 5) is 11.8. The van der Waals surface area contributed by atoms with Gasteiger partial charge in [-0.2, -0.15) is 0 Å². The molecule has 2 rings (SSSR count). The molecule has 2 unspecified atom stereocenters. The highest BCUT2D eigenvalue weighted by molar-refractivity contribution is 5.85. The first kappa shape index (κ1) is 13.8. The summed E-state index contributed by atoms with van der Waals surface area (Å²) >= 11 is 0. The number of hydrogen-bond donors (Lipinski definition) is 2. The zero-order chi connectivity index (χ0) is 10.9. The highest BCUT2D eigenvalue weighted by atomic mass is 35.5. The Kier molecular flexibility index (Phi) is 4.62. The van der Waals surface area contributed by atoms with E-state index in [2.05, 4.69) is 12.2 Å². The minimum absolute atomic E-state index is 0. The van der Waals surface area contributed by atoms with Crippen LogP contribution in [-0.2, 0) is 4.79 Å². The lowest BCUT2D eigenvalue weighted by Gasteiger charge is -2.16. The molecule has 1 amide bonds. The van der Waals surface area contributed by atoms with E-state index in [-0.39, 0.29) is 30.3 Å². The fraction of sp³-hybridized carbons (Fsp3) is 0.917. The van der Waals surface area contributed by atoms with E-state index in [1.165, 1.54) is 19.3 Å². The predicted molar refractivity (Wildman–Crippen MR) is 67.5 cm³/mol. The van der Waals surface area contributed by atoms with Gasteiger partial charge in [-0.25, -0.2) is 0 Å². The second-order valence-electron chi connectivity index (χ2n) is 5.34. The molecule has 94 valence electrons. The van der Waals surface area contributed by atoms with Gasteiger partial charge in [0.2, 0.25) is 5.91 Å². The van der Waals surface area contributed by atoms with E-state index < -0.39 is 0 Å². The maximum atomic E-state index is 11.8. The molecule has 0 saturated heterocycles. The molecule has 2 fully saturated rings. The van der Waals surface area contributed by atoms with E-state index in [1.807, 2.05) is 0 Å². The van der Waals surface area contributed by atoms with Crippen LogP contribution in [0.2, 0.25) is 0 Å². The van der Waals surface area contributed by atoms with Gasteiger partial charge >= 0.3 is 0 Å². The number of halogens is 1. The second-order valence-corrected chi connectivity index (χ2v) is 5.34. The molecule has 2 aliphatic carbocycles. The van der Waals surface area contributed by atoms with Crippen molar-refractivity contribution in [3.05, 3.63) is 0 Å². The Morgan fingerprint density at radius 2 is 2.12 bits per heavy atom. The Bertz CT molecular complexity index is 253. The molecule has 0 heterocycles. The van der Waals surface area contributed by atoms with Crippen LogP contribution in [0.5, 0.6) is 0 Å². The van der Waals surface area contributed by atoms with E-state index in [1.54, 1.807) is 0 Å². The van der Waals surface area contributed by atoms with E-state index in [9.17, 15) is 4.79 Å². The number of rotatable bonds is 4. The zero-order valence-corrected chi connectivity index (χ0v) is 10.8. The number of nitrogens with one attached hydrogen (secondary N) is 1. The van der Waals surface area contributed by atoms with Gasteiger partial charge in [-0.1, -0.05) is 6.92 Å². The van der Waals surface area contributed by atoms with Crippen molar-refractivity contribution in [3.8, 4) is 0 Å². The lowest BCUT2D eigenvalue weighted by atomic mass is 10.0. The van der Waals surface area contributed by atoms with Gasteiger partial charge in [-0.3, -0.25) is 4.79 Å². The van der Waals surface area contributed by atoms with Crippen molar-refractivity contribution in [3.63, 3.8) is 0 Å². The summed E-state index contributed by atoms with van der Waals surface area (Å²) in [6, 6.07) is 0.252. The number of nitrogens with two attached hydrogens (primary N) is 1. The number of carbonyl (C=O) groups is 1. The maximum absolute atomic E-state index is 11.8. The second kappa shape index (κ2) is 5.37. The maximum Gasteiger partial charge on any atom is 0.223 e. The molecule has 0 aromatic heterocycles. The molecule has 4 heteroatoms. The SMILES string of the molecule is CCC1(CNC(=O)C2CCC(N)C2)CC1.Cl. The van der Waals surface area contributed by atoms with Crippen LogP contribution >= 0.6 is 12.4 Å². The van der Waals surface area contributed by atoms with Gasteiger partial charge in [-0.15, -0.1) is 12.4 Å². The van der Waals surface area contributed by atoms with Crippen molar-refractivity contribution < 1.29 is 4.79 Å². The molecule has 0 bridgehead atoms. The molecule has 2 aliphatic rings. The molecule has 3 nitrogen and oxygen atoms in total. The first-order valence-electron chi connectivity index (χ1n) is 6.18. The van der Waals surface area contributed by atoms with Gasteiger partial charge < -0.3 is 11.1 Å². The summed E-state index contributed by atoms with van der Waals surface area (Å²) in [6.07, 6.45) is 6.63. The van der Waals surface area contributed by atoms with E-state index >= 15 is 0 Å². The Labute approximate surface area is 104 Å². The van der Waals surface area contributed by atoms with Crippen LogP contribution in [0.4, 0.5) is 0 Å². The van der Waals surface area contributed by atoms with Gasteiger partial charge in [0.15, 0.2) is 0 Å². The number of hydrogen-bond acceptors (Lipinski definition) is 2. The van der Waals surface area contributed by atoms with Crippen LogP contribution in [0.15, 0.2) is 0 Å². The van der Waals surface area contributed by atoms with E-state index in [0.717, 1.165) is 25.8 Å². The minimum Gasteiger partial charge on any atom is -0.355 e. The smallest absolute Gasteiger partial charge is 0.223 e. The van der Waals surface area contributed by atoms with Crippen LogP contribution in [0.1, 0.15) is 45.4 Å². The van der Waals surface area contributed by atoms with Gasteiger partial charge in [0.25, 0.3) is 0 Å². The molecule has 0 aromatic carbocycles. The van der Waals surface area contributed by atoms with Gasteiger partial charge in [0, 0.05) is 18.5 Å². The van der Waals surface area contributed by atoms with Crippen molar-refractivity contribution in [1.29, 1.82) is 0 Å². The Hall–Kier alpha value is -0.280. The Morgan fingerprint density at radius 1 is 1.44 bits per heavy atom. The fourth-order valence-corrected chi connectivity index (χ4v) is 2.51. The summed E-state index contributed by atoms with van der Waals surface area (Å²) in [7, 11) is 0. The lowest BCUT2D eigenvalue weighted by Crippen LogP contribution is -2.34. The molecular formula is C12H23ClN2O. The van der Waals surface area contributed by atoms with Crippen LogP contribution in [0.3, 0.4) is 0 Å². The topological polar surface area (TPSA) is 55.1 Å². The molecule has 0 radical (unpaired) electrons. The summed E-state index contributed by atoms with van der Waals surface area (Å²) in [5.41, 5.74) is 6.26. The Morgan fingerprint density at radius 3 is 2.56 bits per heavy atom. The predicted octanol–water partition coefficient (Wildman–Crippen LogP) is 1.84. The van der Waals surface area contributed by atoms with Crippen molar-refractivity contribution >= 4 is 18.3 Å². The largest absolute Gasteiger partial charge is 0.355 e. The Balaban J connectivity index is 0.00000128. The average Bonchev–Trinajstić information content (AvgIpc) is 2.90. The van der Waals surface area contributed by atoms with Crippen molar-refractivity contribution in [1.82, 2.24) is 5.32 Å². The molecule has 3 N–H and O–H groups in total. The van der Waals surface area contributed by atoms with Gasteiger partial charge in [0.05, 0.1) is 0 Å². The molecule has 16 heavy (non-hydrogen) atoms. The normalized spacial score (nSPS) is 30.6. The third kappa shape index (κ3) is 3.11. The van der Waals surface area contributed by atoms with Gasteiger partial charge in [-0.05, 0) is 43.9 Å². The summed E-state index contributed by atoms with van der Waals surface area (Å²) in [6.45, 7) is 3.10. The highest BCUT2D eigenvalue weighted by Gasteiger charge is 2.41. The van der Waals surface area contributed by atoms with Crippen molar-refractivity contribution in [2.75, 3.05) is 6.54 Å². The summed E-state index contributed by atoms with van der Waals surface area (Å²) in [5.74, 6) is 0.426. The summed E-state index contributed by atoms with van der Waals surface area (Å²) in [5, 5.41) is 3.10.